The van der Waals surface area contributed by atoms with Crippen LogP contribution in [0.2, 0.25) is 5.15 Å². The van der Waals surface area contributed by atoms with Crippen molar-refractivity contribution in [1.82, 2.24) is 10.3 Å². The van der Waals surface area contributed by atoms with Gasteiger partial charge >= 0.3 is 0 Å². The van der Waals surface area contributed by atoms with Crippen LogP contribution in [0, 0.1) is 0 Å². The van der Waals surface area contributed by atoms with Crippen LogP contribution in [0.4, 0.5) is 5.69 Å². The molecule has 0 atom stereocenters. The van der Waals surface area contributed by atoms with Crippen LogP contribution in [0.15, 0.2) is 72.9 Å². The highest BCUT2D eigenvalue weighted by atomic mass is 35.5. The van der Waals surface area contributed by atoms with Crippen LogP contribution in [-0.2, 0) is 6.61 Å². The quantitative estimate of drug-likeness (QED) is 0.492. The molecule has 0 aliphatic heterocycles. The maximum Gasteiger partial charge on any atom is 0.260 e. The second-order valence-corrected chi connectivity index (χ2v) is 6.32. The number of nitrogens with zero attached hydrogens (tertiary/aromatic N) is 1. The van der Waals surface area contributed by atoms with Crippen LogP contribution < -0.4 is 15.4 Å². The molecule has 0 saturated carbocycles. The van der Waals surface area contributed by atoms with E-state index in [1.54, 1.807) is 18.2 Å². The highest BCUT2D eigenvalue weighted by molar-refractivity contribution is 7.80. The minimum atomic E-state index is -0.429. The van der Waals surface area contributed by atoms with E-state index in [2.05, 4.69) is 15.6 Å². The molecule has 3 aromatic rings. The lowest BCUT2D eigenvalue weighted by Gasteiger charge is -2.12. The Hall–Kier alpha value is -2.96. The Morgan fingerprint density at radius 2 is 1.89 bits per heavy atom. The van der Waals surface area contributed by atoms with Crippen molar-refractivity contribution in [2.45, 2.75) is 6.61 Å². The Balaban J connectivity index is 1.58. The maximum atomic E-state index is 12.2. The zero-order valence-corrected chi connectivity index (χ0v) is 15.8. The Labute approximate surface area is 167 Å². The topological polar surface area (TPSA) is 63.2 Å². The highest BCUT2D eigenvalue weighted by Gasteiger charge is 2.12. The molecule has 1 amide bonds. The molecular weight excluding hydrogens is 382 g/mol. The normalized spacial score (nSPS) is 10.1. The van der Waals surface area contributed by atoms with Crippen molar-refractivity contribution in [2.75, 3.05) is 5.32 Å². The van der Waals surface area contributed by atoms with Gasteiger partial charge in [0.2, 0.25) is 0 Å². The van der Waals surface area contributed by atoms with Crippen molar-refractivity contribution in [2.24, 2.45) is 0 Å². The van der Waals surface area contributed by atoms with Gasteiger partial charge in [-0.2, -0.15) is 0 Å². The lowest BCUT2D eigenvalue weighted by molar-refractivity contribution is 0.0977. The first-order chi connectivity index (χ1) is 13.1. The van der Waals surface area contributed by atoms with Crippen molar-refractivity contribution in [3.63, 3.8) is 0 Å². The number of hydrogen-bond donors (Lipinski definition) is 2. The van der Waals surface area contributed by atoms with E-state index in [0.29, 0.717) is 18.0 Å². The Morgan fingerprint density at radius 3 is 2.67 bits per heavy atom. The van der Waals surface area contributed by atoms with Crippen LogP contribution in [0.1, 0.15) is 15.9 Å². The molecule has 1 aromatic heterocycles. The second kappa shape index (κ2) is 9.12. The van der Waals surface area contributed by atoms with Crippen molar-refractivity contribution in [3.8, 4) is 5.75 Å². The van der Waals surface area contributed by atoms with Gasteiger partial charge in [0.05, 0.1) is 5.56 Å². The first-order valence-electron chi connectivity index (χ1n) is 8.11. The highest BCUT2D eigenvalue weighted by Crippen LogP contribution is 2.19. The lowest BCUT2D eigenvalue weighted by Crippen LogP contribution is -2.34. The third-order valence-electron chi connectivity index (χ3n) is 3.57. The van der Waals surface area contributed by atoms with E-state index in [1.165, 1.54) is 6.20 Å². The molecule has 2 N–H and O–H groups in total. The van der Waals surface area contributed by atoms with Gasteiger partial charge < -0.3 is 10.1 Å². The number of pyridine rings is 1. The molecule has 0 bridgehead atoms. The molecule has 0 aliphatic rings. The number of ether oxygens (including phenoxy) is 1. The first kappa shape index (κ1) is 18.8. The van der Waals surface area contributed by atoms with Crippen LogP contribution in [0.25, 0.3) is 0 Å². The summed E-state index contributed by atoms with van der Waals surface area (Å²) in [5.74, 6) is 0.260. The molecule has 0 spiro atoms. The minimum Gasteiger partial charge on any atom is -0.489 e. The summed E-state index contributed by atoms with van der Waals surface area (Å²) >= 11 is 11.1. The van der Waals surface area contributed by atoms with Crippen molar-refractivity contribution in [1.29, 1.82) is 0 Å². The summed E-state index contributed by atoms with van der Waals surface area (Å²) in [7, 11) is 0. The molecule has 3 rings (SSSR count). The molecule has 5 nitrogen and oxygen atoms in total. The third kappa shape index (κ3) is 5.51. The molecule has 0 unspecified atom stereocenters. The fourth-order valence-electron chi connectivity index (χ4n) is 2.29. The average Bonchev–Trinajstić information content (AvgIpc) is 2.67. The van der Waals surface area contributed by atoms with E-state index in [0.717, 1.165) is 5.56 Å². The smallest absolute Gasteiger partial charge is 0.260 e. The number of carbonyl (C=O) groups excluding carboxylic acids is 1. The number of anilines is 1. The molecular formula is C20H16ClN3O2S. The van der Waals surface area contributed by atoms with E-state index in [4.69, 9.17) is 28.6 Å². The number of amides is 1. The third-order valence-corrected chi connectivity index (χ3v) is 4.08. The van der Waals surface area contributed by atoms with Crippen LogP contribution >= 0.6 is 23.8 Å². The van der Waals surface area contributed by atoms with Crippen LogP contribution in [-0.4, -0.2) is 16.0 Å². The van der Waals surface area contributed by atoms with E-state index in [9.17, 15) is 4.79 Å². The summed E-state index contributed by atoms with van der Waals surface area (Å²) in [5.41, 5.74) is 2.03. The monoisotopic (exact) mass is 397 g/mol. The van der Waals surface area contributed by atoms with Gasteiger partial charge in [-0.15, -0.1) is 0 Å². The summed E-state index contributed by atoms with van der Waals surface area (Å²) in [6.45, 7) is 0.463. The number of carbonyl (C=O) groups is 1. The summed E-state index contributed by atoms with van der Waals surface area (Å²) in [4.78, 5) is 16.1. The Morgan fingerprint density at radius 1 is 1.07 bits per heavy atom. The van der Waals surface area contributed by atoms with E-state index in [-0.39, 0.29) is 15.8 Å². The standard InChI is InChI=1S/C20H16ClN3O2S/c21-18-17(10-5-11-22-18)19(25)24-20(27)23-15-8-4-9-16(12-15)26-13-14-6-2-1-3-7-14/h1-12H,13H2,(H2,23,24,25,27). The first-order valence-corrected chi connectivity index (χ1v) is 8.90. The zero-order valence-electron chi connectivity index (χ0n) is 14.2. The largest absolute Gasteiger partial charge is 0.489 e. The number of aromatic nitrogens is 1. The maximum absolute atomic E-state index is 12.2. The number of thiocarbonyl (C=S) groups is 1. The van der Waals surface area contributed by atoms with Gasteiger partial charge in [0.1, 0.15) is 17.5 Å². The second-order valence-electron chi connectivity index (χ2n) is 5.55. The summed E-state index contributed by atoms with van der Waals surface area (Å²) in [5, 5.41) is 5.81. The minimum absolute atomic E-state index is 0.120. The zero-order chi connectivity index (χ0) is 19.1. The molecule has 0 aliphatic carbocycles. The van der Waals surface area contributed by atoms with Gasteiger partial charge in [-0.05, 0) is 42.0 Å². The average molecular weight is 398 g/mol. The van der Waals surface area contributed by atoms with E-state index in [1.807, 2.05) is 48.5 Å². The van der Waals surface area contributed by atoms with Crippen LogP contribution in [0.5, 0.6) is 5.75 Å². The lowest BCUT2D eigenvalue weighted by atomic mass is 10.2. The Kier molecular flexibility index (Phi) is 6.35. The van der Waals surface area contributed by atoms with Crippen molar-refractivity contribution < 1.29 is 9.53 Å². The van der Waals surface area contributed by atoms with Gasteiger partial charge in [0.15, 0.2) is 5.11 Å². The number of halogens is 1. The van der Waals surface area contributed by atoms with Gasteiger partial charge in [-0.25, -0.2) is 4.98 Å². The number of hydrogen-bond acceptors (Lipinski definition) is 4. The number of nitrogens with one attached hydrogen (secondary N) is 2. The predicted molar refractivity (Wildman–Crippen MR) is 110 cm³/mol. The molecule has 0 radical (unpaired) electrons. The predicted octanol–water partition coefficient (Wildman–Crippen LogP) is 4.44. The van der Waals surface area contributed by atoms with Crippen molar-refractivity contribution in [3.05, 3.63) is 89.2 Å². The van der Waals surface area contributed by atoms with Gasteiger partial charge in [0, 0.05) is 18.0 Å². The molecule has 7 heteroatoms. The van der Waals surface area contributed by atoms with E-state index >= 15 is 0 Å². The summed E-state index contributed by atoms with van der Waals surface area (Å²) in [6, 6.07) is 20.4. The van der Waals surface area contributed by atoms with Crippen molar-refractivity contribution >= 4 is 40.5 Å². The molecule has 0 saturated heterocycles. The van der Waals surface area contributed by atoms with Gasteiger partial charge in [-0.1, -0.05) is 48.0 Å². The fraction of sp³-hybridized carbons (Fsp3) is 0.0500. The summed E-state index contributed by atoms with van der Waals surface area (Å²) in [6.07, 6.45) is 1.51. The molecule has 27 heavy (non-hydrogen) atoms. The van der Waals surface area contributed by atoms with Gasteiger partial charge in [-0.3, -0.25) is 10.1 Å². The SMILES string of the molecule is O=C(NC(=S)Nc1cccc(OCc2ccccc2)c1)c1cccnc1Cl. The molecule has 2 aromatic carbocycles. The summed E-state index contributed by atoms with van der Waals surface area (Å²) < 4.78 is 5.78. The van der Waals surface area contributed by atoms with Gasteiger partial charge in [0.25, 0.3) is 5.91 Å². The molecule has 0 fully saturated rings. The number of rotatable bonds is 5. The molecule has 136 valence electrons. The van der Waals surface area contributed by atoms with E-state index < -0.39 is 5.91 Å². The molecule has 1 heterocycles. The van der Waals surface area contributed by atoms with Crippen LogP contribution in [0.3, 0.4) is 0 Å². The number of benzene rings is 2. The fourth-order valence-corrected chi connectivity index (χ4v) is 2.71. The Bertz CT molecular complexity index is 951.